The van der Waals surface area contributed by atoms with Gasteiger partial charge in [-0.15, -0.1) is 0 Å². The van der Waals surface area contributed by atoms with Gasteiger partial charge in [-0.25, -0.2) is 4.39 Å². The Morgan fingerprint density at radius 1 is 1.21 bits per heavy atom. The lowest BCUT2D eigenvalue weighted by molar-refractivity contribution is -0.0333. The standard InChI is InChI=1S/C20H24FNO2/c1-15(2)24-19-9-4-3-6-17(19)13-22-10-11-23-20(14-22)16-7-5-8-18(21)12-16/h3-9,12,15,20H,10-11,13-14H2,1-2H3. The van der Waals surface area contributed by atoms with Crippen molar-refractivity contribution in [2.75, 3.05) is 19.7 Å². The Hall–Kier alpha value is -1.91. The van der Waals surface area contributed by atoms with Crippen molar-refractivity contribution in [3.8, 4) is 5.75 Å². The summed E-state index contributed by atoms with van der Waals surface area (Å²) in [6.07, 6.45) is 0.0588. The monoisotopic (exact) mass is 329 g/mol. The smallest absolute Gasteiger partial charge is 0.124 e. The first-order chi connectivity index (χ1) is 11.6. The van der Waals surface area contributed by atoms with Crippen LogP contribution >= 0.6 is 0 Å². The van der Waals surface area contributed by atoms with Gasteiger partial charge in [0.2, 0.25) is 0 Å². The van der Waals surface area contributed by atoms with Crippen LogP contribution in [-0.2, 0) is 11.3 Å². The summed E-state index contributed by atoms with van der Waals surface area (Å²) in [4.78, 5) is 2.33. The van der Waals surface area contributed by atoms with Crippen LogP contribution in [0.1, 0.15) is 31.1 Å². The summed E-state index contributed by atoms with van der Waals surface area (Å²) < 4.78 is 25.2. The van der Waals surface area contributed by atoms with Gasteiger partial charge in [-0.1, -0.05) is 30.3 Å². The Morgan fingerprint density at radius 2 is 2.04 bits per heavy atom. The molecule has 1 atom stereocenters. The van der Waals surface area contributed by atoms with Crippen LogP contribution in [-0.4, -0.2) is 30.7 Å². The summed E-state index contributed by atoms with van der Waals surface area (Å²) in [5.41, 5.74) is 2.07. The molecule has 1 heterocycles. The van der Waals surface area contributed by atoms with Gasteiger partial charge in [0.1, 0.15) is 11.6 Å². The normalized spacial score (nSPS) is 18.8. The molecule has 0 N–H and O–H groups in total. The molecule has 0 aromatic heterocycles. The number of benzene rings is 2. The van der Waals surface area contributed by atoms with Gasteiger partial charge in [0, 0.05) is 25.2 Å². The van der Waals surface area contributed by atoms with Crippen molar-refractivity contribution >= 4 is 0 Å². The summed E-state index contributed by atoms with van der Waals surface area (Å²) in [7, 11) is 0. The van der Waals surface area contributed by atoms with Crippen LogP contribution in [0.4, 0.5) is 4.39 Å². The number of morpholine rings is 1. The maximum atomic E-state index is 13.5. The highest BCUT2D eigenvalue weighted by Crippen LogP contribution is 2.26. The Kier molecular flexibility index (Phi) is 5.48. The Morgan fingerprint density at radius 3 is 2.83 bits per heavy atom. The molecule has 0 aliphatic carbocycles. The summed E-state index contributed by atoms with van der Waals surface area (Å²) >= 11 is 0. The van der Waals surface area contributed by atoms with Crippen molar-refractivity contribution in [2.45, 2.75) is 32.6 Å². The zero-order valence-electron chi connectivity index (χ0n) is 14.2. The molecule has 3 nitrogen and oxygen atoms in total. The number of halogens is 1. The molecule has 2 aromatic rings. The van der Waals surface area contributed by atoms with Crippen LogP contribution in [0.15, 0.2) is 48.5 Å². The second-order valence-electron chi connectivity index (χ2n) is 6.42. The van der Waals surface area contributed by atoms with Crippen LogP contribution in [0.3, 0.4) is 0 Å². The first-order valence-electron chi connectivity index (χ1n) is 8.46. The third-order valence-corrected chi connectivity index (χ3v) is 4.10. The second-order valence-corrected chi connectivity index (χ2v) is 6.42. The Labute approximate surface area is 143 Å². The molecule has 4 heteroatoms. The predicted octanol–water partition coefficient (Wildman–Crippen LogP) is 4.19. The van der Waals surface area contributed by atoms with E-state index in [1.807, 2.05) is 38.1 Å². The van der Waals surface area contributed by atoms with Crippen molar-refractivity contribution in [3.63, 3.8) is 0 Å². The summed E-state index contributed by atoms with van der Waals surface area (Å²) in [6.45, 7) is 7.13. The molecule has 1 saturated heterocycles. The largest absolute Gasteiger partial charge is 0.491 e. The minimum atomic E-state index is -0.219. The van der Waals surface area contributed by atoms with Crippen LogP contribution < -0.4 is 4.74 Å². The zero-order valence-corrected chi connectivity index (χ0v) is 14.2. The number of rotatable bonds is 5. The van der Waals surface area contributed by atoms with Crippen LogP contribution in [0, 0.1) is 5.82 Å². The van der Waals surface area contributed by atoms with Gasteiger partial charge in [-0.3, -0.25) is 4.90 Å². The van der Waals surface area contributed by atoms with E-state index in [0.29, 0.717) is 6.61 Å². The first-order valence-corrected chi connectivity index (χ1v) is 8.46. The average molecular weight is 329 g/mol. The molecule has 1 aliphatic rings. The Bertz CT molecular complexity index is 674. The van der Waals surface area contributed by atoms with E-state index >= 15 is 0 Å². The number of ether oxygens (including phenoxy) is 2. The number of hydrogen-bond donors (Lipinski definition) is 0. The molecule has 128 valence electrons. The molecule has 0 amide bonds. The first kappa shape index (κ1) is 16.9. The van der Waals surface area contributed by atoms with Gasteiger partial charge in [0.15, 0.2) is 0 Å². The SMILES string of the molecule is CC(C)Oc1ccccc1CN1CCOC(c2cccc(F)c2)C1. The van der Waals surface area contributed by atoms with E-state index in [2.05, 4.69) is 11.0 Å². The van der Waals surface area contributed by atoms with Gasteiger partial charge in [0.25, 0.3) is 0 Å². The van der Waals surface area contributed by atoms with Crippen LogP contribution in [0.5, 0.6) is 5.75 Å². The fourth-order valence-electron chi connectivity index (χ4n) is 3.00. The third-order valence-electron chi connectivity index (χ3n) is 4.10. The molecule has 24 heavy (non-hydrogen) atoms. The van der Waals surface area contributed by atoms with E-state index in [1.54, 1.807) is 12.1 Å². The molecule has 3 rings (SSSR count). The fraction of sp³-hybridized carbons (Fsp3) is 0.400. The third kappa shape index (κ3) is 4.34. The lowest BCUT2D eigenvalue weighted by Crippen LogP contribution is -2.38. The molecule has 0 bridgehead atoms. The van der Waals surface area contributed by atoms with Crippen molar-refractivity contribution in [2.24, 2.45) is 0 Å². The highest BCUT2D eigenvalue weighted by atomic mass is 19.1. The lowest BCUT2D eigenvalue weighted by atomic mass is 10.1. The number of hydrogen-bond acceptors (Lipinski definition) is 3. The topological polar surface area (TPSA) is 21.7 Å². The van der Waals surface area contributed by atoms with Crippen molar-refractivity contribution in [1.82, 2.24) is 4.90 Å². The van der Waals surface area contributed by atoms with Gasteiger partial charge in [-0.2, -0.15) is 0 Å². The zero-order chi connectivity index (χ0) is 16.9. The number of para-hydroxylation sites is 1. The molecule has 1 fully saturated rings. The van der Waals surface area contributed by atoms with Crippen molar-refractivity contribution < 1.29 is 13.9 Å². The van der Waals surface area contributed by atoms with Gasteiger partial charge < -0.3 is 9.47 Å². The maximum Gasteiger partial charge on any atom is 0.124 e. The van der Waals surface area contributed by atoms with E-state index in [1.165, 1.54) is 11.6 Å². The van der Waals surface area contributed by atoms with E-state index in [4.69, 9.17) is 9.47 Å². The molecule has 0 spiro atoms. The minimum absolute atomic E-state index is 0.0902. The van der Waals surface area contributed by atoms with Gasteiger partial charge in [0.05, 0.1) is 18.8 Å². The van der Waals surface area contributed by atoms with Crippen LogP contribution in [0.2, 0.25) is 0 Å². The van der Waals surface area contributed by atoms with E-state index in [-0.39, 0.29) is 18.0 Å². The van der Waals surface area contributed by atoms with Crippen molar-refractivity contribution in [1.29, 1.82) is 0 Å². The highest BCUT2D eigenvalue weighted by Gasteiger charge is 2.23. The molecule has 0 saturated carbocycles. The fourth-order valence-corrected chi connectivity index (χ4v) is 3.00. The quantitative estimate of drug-likeness (QED) is 0.821. The van der Waals surface area contributed by atoms with Crippen LogP contribution in [0.25, 0.3) is 0 Å². The van der Waals surface area contributed by atoms with E-state index < -0.39 is 0 Å². The molecular formula is C20H24FNO2. The van der Waals surface area contributed by atoms with Crippen molar-refractivity contribution in [3.05, 3.63) is 65.5 Å². The molecular weight excluding hydrogens is 305 g/mol. The number of nitrogens with zero attached hydrogens (tertiary/aromatic N) is 1. The summed E-state index contributed by atoms with van der Waals surface area (Å²) in [5, 5.41) is 0. The highest BCUT2D eigenvalue weighted by molar-refractivity contribution is 5.33. The van der Waals surface area contributed by atoms with E-state index in [9.17, 15) is 4.39 Å². The molecule has 0 radical (unpaired) electrons. The average Bonchev–Trinajstić information content (AvgIpc) is 2.56. The minimum Gasteiger partial charge on any atom is -0.491 e. The lowest BCUT2D eigenvalue weighted by Gasteiger charge is -2.33. The molecule has 2 aromatic carbocycles. The summed E-state index contributed by atoms with van der Waals surface area (Å²) in [5.74, 6) is 0.713. The second kappa shape index (κ2) is 7.77. The molecule has 1 unspecified atom stereocenters. The Balaban J connectivity index is 1.70. The van der Waals surface area contributed by atoms with Gasteiger partial charge in [-0.05, 0) is 37.6 Å². The predicted molar refractivity (Wildman–Crippen MR) is 92.6 cm³/mol. The van der Waals surface area contributed by atoms with Gasteiger partial charge >= 0.3 is 0 Å². The maximum absolute atomic E-state index is 13.5. The summed E-state index contributed by atoms with van der Waals surface area (Å²) in [6, 6.07) is 14.8. The van der Waals surface area contributed by atoms with E-state index in [0.717, 1.165) is 30.9 Å². The molecule has 1 aliphatic heterocycles.